The minimum atomic E-state index is -0.277. The zero-order valence-electron chi connectivity index (χ0n) is 17.4. The summed E-state index contributed by atoms with van der Waals surface area (Å²) in [6.07, 6.45) is 11.3. The molecule has 2 amide bonds. The van der Waals surface area contributed by atoms with Crippen molar-refractivity contribution in [1.82, 2.24) is 24.5 Å². The maximum Gasteiger partial charge on any atom is 0.257 e. The molecule has 160 valence electrons. The number of rotatable bonds is 4. The lowest BCUT2D eigenvalue weighted by Crippen LogP contribution is -2.35. The minimum Gasteiger partial charge on any atom is -0.339 e. The van der Waals surface area contributed by atoms with E-state index in [9.17, 15) is 9.59 Å². The first-order valence-electron chi connectivity index (χ1n) is 10.6. The van der Waals surface area contributed by atoms with Gasteiger partial charge in [0.05, 0.1) is 40.4 Å². The van der Waals surface area contributed by atoms with Crippen molar-refractivity contribution in [1.29, 1.82) is 0 Å². The van der Waals surface area contributed by atoms with Crippen LogP contribution in [0.2, 0.25) is 0 Å². The van der Waals surface area contributed by atoms with Gasteiger partial charge in [0, 0.05) is 37.2 Å². The molecule has 0 bridgehead atoms. The normalized spacial score (nSPS) is 13.8. The Kier molecular flexibility index (Phi) is 5.33. The largest absolute Gasteiger partial charge is 0.339 e. The molecule has 1 aliphatic heterocycles. The molecule has 0 atom stereocenters. The van der Waals surface area contributed by atoms with Gasteiger partial charge in [-0.15, -0.1) is 0 Å². The summed E-state index contributed by atoms with van der Waals surface area (Å²) >= 11 is 0. The number of anilines is 1. The van der Waals surface area contributed by atoms with Crippen LogP contribution in [-0.4, -0.2) is 49.4 Å². The molecule has 0 aromatic carbocycles. The second-order valence-electron chi connectivity index (χ2n) is 7.78. The molecule has 5 heterocycles. The van der Waals surface area contributed by atoms with E-state index in [0.29, 0.717) is 16.8 Å². The van der Waals surface area contributed by atoms with Crippen molar-refractivity contribution in [2.24, 2.45) is 0 Å². The number of pyridine rings is 3. The number of aromatic nitrogens is 4. The van der Waals surface area contributed by atoms with Crippen molar-refractivity contribution >= 4 is 23.0 Å². The first-order valence-corrected chi connectivity index (χ1v) is 10.6. The van der Waals surface area contributed by atoms with Gasteiger partial charge in [0.2, 0.25) is 0 Å². The van der Waals surface area contributed by atoms with Crippen molar-refractivity contribution in [3.8, 4) is 11.3 Å². The smallest absolute Gasteiger partial charge is 0.257 e. The van der Waals surface area contributed by atoms with Gasteiger partial charge in [0.25, 0.3) is 11.8 Å². The zero-order chi connectivity index (χ0) is 21.9. The molecule has 0 saturated carbocycles. The standard InChI is InChI=1S/C24H22N6O2/c31-23(28-19-6-5-9-25-15-19)18-12-17(13-26-14-18)21-7-4-8-22-20(16-27-30(21)22)24(32)29-10-2-1-3-11-29/h4-9,12-16H,1-3,10-11H2,(H,28,31). The Morgan fingerprint density at radius 2 is 1.78 bits per heavy atom. The Balaban J connectivity index is 1.46. The molecule has 1 fully saturated rings. The van der Waals surface area contributed by atoms with Crippen LogP contribution in [0, 0.1) is 0 Å². The number of carbonyl (C=O) groups is 2. The van der Waals surface area contributed by atoms with Gasteiger partial charge >= 0.3 is 0 Å². The molecule has 0 radical (unpaired) electrons. The third-order valence-electron chi connectivity index (χ3n) is 5.63. The van der Waals surface area contributed by atoms with Crippen molar-refractivity contribution in [2.75, 3.05) is 18.4 Å². The van der Waals surface area contributed by atoms with Crippen LogP contribution in [-0.2, 0) is 0 Å². The molecule has 32 heavy (non-hydrogen) atoms. The van der Waals surface area contributed by atoms with E-state index in [2.05, 4.69) is 20.4 Å². The highest BCUT2D eigenvalue weighted by atomic mass is 16.2. The first-order chi connectivity index (χ1) is 15.7. The topological polar surface area (TPSA) is 92.5 Å². The summed E-state index contributed by atoms with van der Waals surface area (Å²) in [6, 6.07) is 11.0. The molecule has 0 aliphatic carbocycles. The maximum atomic E-state index is 13.0. The third-order valence-corrected chi connectivity index (χ3v) is 5.63. The van der Waals surface area contributed by atoms with E-state index >= 15 is 0 Å². The van der Waals surface area contributed by atoms with Gasteiger partial charge in [-0.05, 0) is 49.6 Å². The van der Waals surface area contributed by atoms with E-state index in [4.69, 9.17) is 0 Å². The Bertz CT molecular complexity index is 1280. The van der Waals surface area contributed by atoms with Crippen LogP contribution in [0.1, 0.15) is 40.0 Å². The third kappa shape index (κ3) is 3.82. The molecule has 1 N–H and O–H groups in total. The first kappa shape index (κ1) is 19.9. The monoisotopic (exact) mass is 426 g/mol. The second-order valence-corrected chi connectivity index (χ2v) is 7.78. The molecule has 4 aromatic heterocycles. The summed E-state index contributed by atoms with van der Waals surface area (Å²) in [5, 5.41) is 7.30. The predicted octanol–water partition coefficient (Wildman–Crippen LogP) is 3.67. The van der Waals surface area contributed by atoms with Crippen molar-refractivity contribution in [2.45, 2.75) is 19.3 Å². The van der Waals surface area contributed by atoms with E-state index in [1.54, 1.807) is 47.5 Å². The Morgan fingerprint density at radius 1 is 0.906 bits per heavy atom. The Labute approximate surface area is 184 Å². The second kappa shape index (κ2) is 8.58. The Morgan fingerprint density at radius 3 is 2.59 bits per heavy atom. The molecule has 0 unspecified atom stereocenters. The fourth-order valence-electron chi connectivity index (χ4n) is 4.01. The van der Waals surface area contributed by atoms with Crippen LogP contribution < -0.4 is 5.32 Å². The quantitative estimate of drug-likeness (QED) is 0.538. The molecule has 8 nitrogen and oxygen atoms in total. The molecule has 4 aromatic rings. The van der Waals surface area contributed by atoms with Gasteiger partial charge in [-0.3, -0.25) is 19.6 Å². The number of hydrogen-bond acceptors (Lipinski definition) is 5. The van der Waals surface area contributed by atoms with Crippen LogP contribution in [0.3, 0.4) is 0 Å². The highest BCUT2D eigenvalue weighted by Gasteiger charge is 2.22. The fourth-order valence-corrected chi connectivity index (χ4v) is 4.01. The van der Waals surface area contributed by atoms with Crippen LogP contribution in [0.15, 0.2) is 67.4 Å². The van der Waals surface area contributed by atoms with Gasteiger partial charge in [-0.2, -0.15) is 5.10 Å². The number of likely N-dealkylation sites (tertiary alicyclic amines) is 1. The number of nitrogens with zero attached hydrogens (tertiary/aromatic N) is 5. The molecular weight excluding hydrogens is 404 g/mol. The average Bonchev–Trinajstić information content (AvgIpc) is 3.29. The highest BCUT2D eigenvalue weighted by Crippen LogP contribution is 2.24. The number of carbonyl (C=O) groups excluding carboxylic acids is 2. The molecule has 1 saturated heterocycles. The number of amides is 2. The molecule has 1 aliphatic rings. The van der Waals surface area contributed by atoms with E-state index in [1.807, 2.05) is 23.1 Å². The molecule has 8 heteroatoms. The van der Waals surface area contributed by atoms with Crippen molar-refractivity contribution in [3.05, 3.63) is 78.5 Å². The van der Waals surface area contributed by atoms with Gasteiger partial charge < -0.3 is 10.2 Å². The van der Waals surface area contributed by atoms with Gasteiger partial charge in [-0.1, -0.05) is 6.07 Å². The summed E-state index contributed by atoms with van der Waals surface area (Å²) in [7, 11) is 0. The van der Waals surface area contributed by atoms with Crippen molar-refractivity contribution < 1.29 is 9.59 Å². The molecular formula is C24H22N6O2. The van der Waals surface area contributed by atoms with Gasteiger partial charge in [0.1, 0.15) is 0 Å². The summed E-state index contributed by atoms with van der Waals surface area (Å²) < 4.78 is 1.73. The summed E-state index contributed by atoms with van der Waals surface area (Å²) in [6.45, 7) is 1.57. The lowest BCUT2D eigenvalue weighted by atomic mass is 10.1. The van der Waals surface area contributed by atoms with E-state index < -0.39 is 0 Å². The summed E-state index contributed by atoms with van der Waals surface area (Å²) in [4.78, 5) is 35.9. The number of fused-ring (bicyclic) bond motifs is 1. The molecule has 0 spiro atoms. The van der Waals surface area contributed by atoms with Crippen LogP contribution in [0.25, 0.3) is 16.8 Å². The lowest BCUT2D eigenvalue weighted by molar-refractivity contribution is 0.0726. The number of hydrogen-bond donors (Lipinski definition) is 1. The van der Waals surface area contributed by atoms with Crippen LogP contribution in [0.4, 0.5) is 5.69 Å². The minimum absolute atomic E-state index is 0.0135. The zero-order valence-corrected chi connectivity index (χ0v) is 17.4. The van der Waals surface area contributed by atoms with Gasteiger partial charge in [0.15, 0.2) is 0 Å². The molecule has 5 rings (SSSR count). The highest BCUT2D eigenvalue weighted by molar-refractivity contribution is 6.04. The summed E-state index contributed by atoms with van der Waals surface area (Å²) in [5.41, 5.74) is 3.84. The Hall–Kier alpha value is -4.07. The lowest BCUT2D eigenvalue weighted by Gasteiger charge is -2.26. The number of piperidine rings is 1. The van der Waals surface area contributed by atoms with Crippen LogP contribution >= 0.6 is 0 Å². The fraction of sp³-hybridized carbons (Fsp3) is 0.208. The SMILES string of the molecule is O=C(Nc1cccnc1)c1cncc(-c2cccc3c(C(=O)N4CCCCC4)cnn23)c1. The van der Waals surface area contributed by atoms with E-state index in [0.717, 1.165) is 42.7 Å². The van der Waals surface area contributed by atoms with E-state index in [1.165, 1.54) is 12.6 Å². The summed E-state index contributed by atoms with van der Waals surface area (Å²) in [5.74, 6) is -0.263. The predicted molar refractivity (Wildman–Crippen MR) is 120 cm³/mol. The maximum absolute atomic E-state index is 13.0. The van der Waals surface area contributed by atoms with Crippen LogP contribution in [0.5, 0.6) is 0 Å². The van der Waals surface area contributed by atoms with Crippen molar-refractivity contribution in [3.63, 3.8) is 0 Å². The van der Waals surface area contributed by atoms with E-state index in [-0.39, 0.29) is 11.8 Å². The average molecular weight is 426 g/mol. The van der Waals surface area contributed by atoms with Gasteiger partial charge in [-0.25, -0.2) is 4.52 Å². The number of nitrogens with one attached hydrogen (secondary N) is 1.